The first-order valence-corrected chi connectivity index (χ1v) is 12.8. The first-order chi connectivity index (χ1) is 18.9. The maximum atomic E-state index is 12.6. The van der Waals surface area contributed by atoms with E-state index in [2.05, 4.69) is 11.0 Å². The largest absolute Gasteiger partial charge is 0.497 e. The molecule has 3 aromatic carbocycles. The lowest BCUT2D eigenvalue weighted by Crippen LogP contribution is -2.26. The zero-order valence-corrected chi connectivity index (χ0v) is 22.0. The second kappa shape index (κ2) is 11.4. The molecule has 7 heteroatoms. The number of aliphatic carboxylic acids is 1. The molecule has 0 aliphatic heterocycles. The van der Waals surface area contributed by atoms with Crippen LogP contribution in [-0.2, 0) is 22.7 Å². The summed E-state index contributed by atoms with van der Waals surface area (Å²) in [7, 11) is 3.30. The molecule has 1 aromatic heterocycles. The molecule has 1 aliphatic rings. The molecule has 0 saturated heterocycles. The van der Waals surface area contributed by atoms with Gasteiger partial charge >= 0.3 is 5.97 Å². The molecular weight excluding hydrogens is 492 g/mol. The lowest BCUT2D eigenvalue weighted by molar-refractivity contribution is -0.145. The van der Waals surface area contributed by atoms with E-state index in [9.17, 15) is 14.7 Å². The third-order valence-corrected chi connectivity index (χ3v) is 7.08. The summed E-state index contributed by atoms with van der Waals surface area (Å²) < 4.78 is 10.7. The molecule has 0 amide bonds. The fraction of sp³-hybridized carbons (Fsp3) is 0.219. The Balaban J connectivity index is 1.58. The van der Waals surface area contributed by atoms with Gasteiger partial charge in [-0.2, -0.15) is 0 Å². The summed E-state index contributed by atoms with van der Waals surface area (Å²) in [5.74, 6) is -0.102. The number of ether oxygens (including phenoxy) is 2. The number of aromatic nitrogens is 1. The molecule has 7 nitrogen and oxygen atoms in total. The van der Waals surface area contributed by atoms with Crippen LogP contribution < -0.4 is 14.4 Å². The van der Waals surface area contributed by atoms with Gasteiger partial charge in [0.05, 0.1) is 19.9 Å². The summed E-state index contributed by atoms with van der Waals surface area (Å²) in [5.41, 5.74) is 3.67. The van der Waals surface area contributed by atoms with Crippen molar-refractivity contribution in [3.05, 3.63) is 102 Å². The van der Waals surface area contributed by atoms with Gasteiger partial charge in [-0.05, 0) is 71.3 Å². The second-order valence-electron chi connectivity index (χ2n) is 9.60. The van der Waals surface area contributed by atoms with Crippen LogP contribution in [0.15, 0.2) is 84.9 Å². The smallest absolute Gasteiger partial charge is 0.314 e. The van der Waals surface area contributed by atoms with Gasteiger partial charge in [0.2, 0.25) is 0 Å². The Labute approximate surface area is 227 Å². The summed E-state index contributed by atoms with van der Waals surface area (Å²) in [6, 6.07) is 25.9. The number of ketones is 1. The van der Waals surface area contributed by atoms with Crippen molar-refractivity contribution in [1.82, 2.24) is 4.98 Å². The summed E-state index contributed by atoms with van der Waals surface area (Å²) >= 11 is 0. The minimum Gasteiger partial charge on any atom is -0.497 e. The number of carboxylic acid groups (broad SMARTS) is 1. The Morgan fingerprint density at radius 2 is 1.51 bits per heavy atom. The van der Waals surface area contributed by atoms with Gasteiger partial charge in [0.15, 0.2) is 5.78 Å². The highest BCUT2D eigenvalue weighted by atomic mass is 16.5. The van der Waals surface area contributed by atoms with Gasteiger partial charge in [-0.3, -0.25) is 9.59 Å². The maximum absolute atomic E-state index is 12.6. The summed E-state index contributed by atoms with van der Waals surface area (Å²) in [5, 5.41) is 11.3. The molecule has 1 unspecified atom stereocenters. The van der Waals surface area contributed by atoms with Crippen LogP contribution in [0.3, 0.4) is 0 Å². The van der Waals surface area contributed by atoms with E-state index in [1.54, 1.807) is 14.2 Å². The number of benzene rings is 3. The van der Waals surface area contributed by atoms with Gasteiger partial charge < -0.3 is 19.5 Å². The molecule has 0 spiro atoms. The van der Waals surface area contributed by atoms with E-state index >= 15 is 0 Å². The summed E-state index contributed by atoms with van der Waals surface area (Å²) in [6.45, 7) is 1.19. The second-order valence-corrected chi connectivity index (χ2v) is 9.60. The van der Waals surface area contributed by atoms with Crippen molar-refractivity contribution in [3.8, 4) is 11.5 Å². The van der Waals surface area contributed by atoms with Crippen molar-refractivity contribution < 1.29 is 24.2 Å². The van der Waals surface area contributed by atoms with Gasteiger partial charge in [0, 0.05) is 18.5 Å². The summed E-state index contributed by atoms with van der Waals surface area (Å²) in [4.78, 5) is 31.4. The third-order valence-electron chi connectivity index (χ3n) is 7.08. The van der Waals surface area contributed by atoms with E-state index in [1.807, 2.05) is 72.8 Å². The molecule has 1 N–H and O–H groups in total. The van der Waals surface area contributed by atoms with Crippen molar-refractivity contribution in [2.75, 3.05) is 19.1 Å². The maximum Gasteiger partial charge on any atom is 0.314 e. The normalized spacial score (nSPS) is 15.1. The number of rotatable bonds is 9. The molecule has 198 valence electrons. The molecular formula is C32H30N2O5. The van der Waals surface area contributed by atoms with Crippen molar-refractivity contribution in [3.63, 3.8) is 0 Å². The Kier molecular flexibility index (Phi) is 7.59. The third kappa shape index (κ3) is 5.77. The molecule has 1 atom stereocenters. The molecule has 0 saturated carbocycles. The van der Waals surface area contributed by atoms with Crippen molar-refractivity contribution in [2.24, 2.45) is 5.92 Å². The zero-order valence-electron chi connectivity index (χ0n) is 22.0. The quantitative estimate of drug-likeness (QED) is 0.274. The SMILES string of the molecule is COc1ccc(CN(Cc2ccc(OC)cc2)c2cc3ccccc3c(C3=CC(=O)C(C(=O)O)CC3)n2)cc1. The van der Waals surface area contributed by atoms with E-state index in [0.717, 1.165) is 50.5 Å². The van der Waals surface area contributed by atoms with Crippen LogP contribution in [0.1, 0.15) is 29.7 Å². The van der Waals surface area contributed by atoms with Gasteiger partial charge in [-0.25, -0.2) is 4.98 Å². The average Bonchev–Trinajstić information content (AvgIpc) is 2.96. The van der Waals surface area contributed by atoms with Crippen LogP contribution in [0.4, 0.5) is 5.82 Å². The number of carboxylic acids is 1. The Bertz CT molecular complexity index is 1480. The zero-order chi connectivity index (χ0) is 27.4. The van der Waals surface area contributed by atoms with Gasteiger partial charge in [-0.1, -0.05) is 48.5 Å². The summed E-state index contributed by atoms with van der Waals surface area (Å²) in [6.07, 6.45) is 2.21. The Hall–Kier alpha value is -4.65. The van der Waals surface area contributed by atoms with Crippen LogP contribution in [-0.4, -0.2) is 36.1 Å². The number of hydrogen-bond acceptors (Lipinski definition) is 6. The minimum atomic E-state index is -1.08. The van der Waals surface area contributed by atoms with E-state index in [4.69, 9.17) is 14.5 Å². The molecule has 4 aromatic rings. The minimum absolute atomic E-state index is 0.266. The number of fused-ring (bicyclic) bond motifs is 1. The molecule has 0 radical (unpaired) electrons. The molecule has 39 heavy (non-hydrogen) atoms. The van der Waals surface area contributed by atoms with Crippen LogP contribution in [0.2, 0.25) is 0 Å². The molecule has 0 bridgehead atoms. The highest BCUT2D eigenvalue weighted by Crippen LogP contribution is 2.34. The van der Waals surface area contributed by atoms with Crippen LogP contribution in [0.25, 0.3) is 16.3 Å². The van der Waals surface area contributed by atoms with Gasteiger partial charge in [-0.15, -0.1) is 0 Å². The van der Waals surface area contributed by atoms with Gasteiger partial charge in [0.1, 0.15) is 23.2 Å². The van der Waals surface area contributed by atoms with Crippen molar-refractivity contribution in [2.45, 2.75) is 25.9 Å². The fourth-order valence-corrected chi connectivity index (χ4v) is 4.93. The van der Waals surface area contributed by atoms with Crippen LogP contribution in [0.5, 0.6) is 11.5 Å². The van der Waals surface area contributed by atoms with Gasteiger partial charge in [0.25, 0.3) is 0 Å². The predicted octanol–water partition coefficient (Wildman–Crippen LogP) is 5.91. The number of allylic oxidation sites excluding steroid dienone is 2. The van der Waals surface area contributed by atoms with Crippen LogP contribution >= 0.6 is 0 Å². The first kappa shape index (κ1) is 26.0. The molecule has 0 fully saturated rings. The number of carbonyl (C=O) groups is 2. The Morgan fingerprint density at radius 1 is 0.923 bits per heavy atom. The van der Waals surface area contributed by atoms with Crippen molar-refractivity contribution in [1.29, 1.82) is 0 Å². The number of hydrogen-bond donors (Lipinski definition) is 1. The predicted molar refractivity (Wildman–Crippen MR) is 151 cm³/mol. The highest BCUT2D eigenvalue weighted by molar-refractivity contribution is 6.10. The van der Waals surface area contributed by atoms with E-state index in [0.29, 0.717) is 19.5 Å². The number of carbonyl (C=O) groups excluding carboxylic acids is 1. The lowest BCUT2D eigenvalue weighted by Gasteiger charge is -2.26. The highest BCUT2D eigenvalue weighted by Gasteiger charge is 2.30. The first-order valence-electron chi connectivity index (χ1n) is 12.8. The lowest BCUT2D eigenvalue weighted by atomic mass is 9.86. The number of pyridine rings is 1. The number of anilines is 1. The average molecular weight is 523 g/mol. The number of methoxy groups -OCH3 is 2. The standard InChI is InChI=1S/C32H30N2O5/c1-38-25-12-7-21(8-13-25)19-34(20-22-9-14-26(39-2)15-10-22)30-18-23-5-3-4-6-27(23)31(33-30)24-11-16-28(32(36)37)29(35)17-24/h3-10,12-15,17-18,28H,11,16,19-20H2,1-2H3,(H,36,37). The van der Waals surface area contributed by atoms with Crippen molar-refractivity contribution >= 4 is 33.9 Å². The Morgan fingerprint density at radius 3 is 2.05 bits per heavy atom. The van der Waals surface area contributed by atoms with Crippen LogP contribution in [0, 0.1) is 5.92 Å². The van der Waals surface area contributed by atoms with E-state index in [-0.39, 0.29) is 12.2 Å². The number of nitrogens with zero attached hydrogens (tertiary/aromatic N) is 2. The fourth-order valence-electron chi connectivity index (χ4n) is 4.93. The molecule has 5 rings (SSSR count). The molecule has 1 aliphatic carbocycles. The monoisotopic (exact) mass is 522 g/mol. The topological polar surface area (TPSA) is 89.0 Å². The molecule has 1 heterocycles. The van der Waals surface area contributed by atoms with E-state index < -0.39 is 11.9 Å². The van der Waals surface area contributed by atoms with E-state index in [1.165, 1.54) is 6.08 Å².